The number of hydrogen-bond donors (Lipinski definition) is 1. The van der Waals surface area contributed by atoms with Gasteiger partial charge in [0.15, 0.2) is 0 Å². The van der Waals surface area contributed by atoms with E-state index in [1.54, 1.807) is 0 Å². The summed E-state index contributed by atoms with van der Waals surface area (Å²) in [4.78, 5) is 0. The minimum absolute atomic E-state index is 0.157. The van der Waals surface area contributed by atoms with E-state index in [4.69, 9.17) is 0 Å². The summed E-state index contributed by atoms with van der Waals surface area (Å²) in [5.74, 6) is 0.551. The summed E-state index contributed by atoms with van der Waals surface area (Å²) in [6, 6.07) is 2.10. The lowest BCUT2D eigenvalue weighted by Crippen LogP contribution is -2.15. The number of aromatic nitrogens is 2. The molecule has 1 aromatic heterocycles. The van der Waals surface area contributed by atoms with Gasteiger partial charge in [0.25, 0.3) is 0 Å². The molecule has 0 aliphatic heterocycles. The lowest BCUT2D eigenvalue weighted by molar-refractivity contribution is 0.149. The van der Waals surface area contributed by atoms with Crippen LogP contribution in [-0.2, 0) is 19.9 Å². The Bertz CT molecular complexity index is 315. The van der Waals surface area contributed by atoms with E-state index in [9.17, 15) is 5.11 Å². The molecule has 0 saturated heterocycles. The molecule has 2 rings (SSSR count). The zero-order chi connectivity index (χ0) is 10.1. The van der Waals surface area contributed by atoms with Gasteiger partial charge in [0.05, 0.1) is 11.8 Å². The van der Waals surface area contributed by atoms with Crippen LogP contribution in [0, 0.1) is 5.92 Å². The van der Waals surface area contributed by atoms with Gasteiger partial charge in [0.1, 0.15) is 0 Å². The molecule has 0 aromatic carbocycles. The van der Waals surface area contributed by atoms with Gasteiger partial charge in [-0.25, -0.2) is 0 Å². The molecule has 1 aromatic rings. The third-order valence-electron chi connectivity index (χ3n) is 2.97. The third kappa shape index (κ3) is 1.98. The Hall–Kier alpha value is -0.830. The number of nitrogens with zero attached hydrogens (tertiary/aromatic N) is 2. The van der Waals surface area contributed by atoms with E-state index in [1.165, 1.54) is 12.8 Å². The Morgan fingerprint density at radius 1 is 1.64 bits per heavy atom. The molecular formula is C11H18N2O. The predicted molar refractivity (Wildman–Crippen MR) is 55.0 cm³/mol. The maximum atomic E-state index is 9.81. The molecule has 1 fully saturated rings. The van der Waals surface area contributed by atoms with Crippen LogP contribution >= 0.6 is 0 Å². The lowest BCUT2D eigenvalue weighted by Gasteiger charge is -2.08. The van der Waals surface area contributed by atoms with Crippen LogP contribution in [0.2, 0.25) is 0 Å². The highest BCUT2D eigenvalue weighted by atomic mass is 16.3. The Balaban J connectivity index is 2.03. The van der Waals surface area contributed by atoms with Crippen molar-refractivity contribution in [2.24, 2.45) is 13.0 Å². The van der Waals surface area contributed by atoms with Crippen LogP contribution in [0.25, 0.3) is 0 Å². The second kappa shape index (κ2) is 3.73. The number of aryl methyl sites for hydroxylation is 2. The van der Waals surface area contributed by atoms with Gasteiger partial charge in [-0.05, 0) is 31.2 Å². The van der Waals surface area contributed by atoms with Gasteiger partial charge in [0, 0.05) is 19.2 Å². The zero-order valence-corrected chi connectivity index (χ0v) is 8.90. The molecule has 3 heteroatoms. The largest absolute Gasteiger partial charge is 0.392 e. The van der Waals surface area contributed by atoms with Crippen molar-refractivity contribution in [3.63, 3.8) is 0 Å². The molecule has 0 amide bonds. The average Bonchev–Trinajstić information content (AvgIpc) is 2.94. The quantitative estimate of drug-likeness (QED) is 0.784. The number of rotatable bonds is 4. The Morgan fingerprint density at radius 3 is 2.86 bits per heavy atom. The fourth-order valence-corrected chi connectivity index (χ4v) is 1.80. The van der Waals surface area contributed by atoms with Crippen molar-refractivity contribution in [3.8, 4) is 0 Å². The highest BCUT2D eigenvalue weighted by Gasteiger charge is 2.30. The number of aliphatic hydroxyl groups is 1. The van der Waals surface area contributed by atoms with Gasteiger partial charge >= 0.3 is 0 Å². The monoisotopic (exact) mass is 194 g/mol. The van der Waals surface area contributed by atoms with E-state index in [1.807, 2.05) is 11.7 Å². The molecule has 3 nitrogen and oxygen atoms in total. The molecular weight excluding hydrogens is 176 g/mol. The van der Waals surface area contributed by atoms with Crippen LogP contribution in [0.4, 0.5) is 0 Å². The molecule has 1 N–H and O–H groups in total. The van der Waals surface area contributed by atoms with Crippen molar-refractivity contribution in [2.75, 3.05) is 0 Å². The molecule has 0 spiro atoms. The Morgan fingerprint density at radius 2 is 2.36 bits per heavy atom. The average molecular weight is 194 g/mol. The molecule has 1 unspecified atom stereocenters. The van der Waals surface area contributed by atoms with Gasteiger partial charge in [-0.2, -0.15) is 5.10 Å². The molecule has 14 heavy (non-hydrogen) atoms. The number of hydrogen-bond acceptors (Lipinski definition) is 2. The topological polar surface area (TPSA) is 38.0 Å². The summed E-state index contributed by atoms with van der Waals surface area (Å²) < 4.78 is 1.89. The summed E-state index contributed by atoms with van der Waals surface area (Å²) in [7, 11) is 1.95. The molecule has 1 saturated carbocycles. The first-order chi connectivity index (χ1) is 6.70. The maximum absolute atomic E-state index is 9.81. The Kier molecular flexibility index (Phi) is 2.59. The molecule has 1 aliphatic carbocycles. The normalized spacial score (nSPS) is 18.5. The van der Waals surface area contributed by atoms with Crippen molar-refractivity contribution in [2.45, 2.75) is 38.7 Å². The summed E-state index contributed by atoms with van der Waals surface area (Å²) in [5, 5.41) is 14.2. The minimum atomic E-state index is -0.157. The van der Waals surface area contributed by atoms with E-state index in [0.717, 1.165) is 24.2 Å². The van der Waals surface area contributed by atoms with E-state index < -0.39 is 0 Å². The van der Waals surface area contributed by atoms with Crippen LogP contribution in [0.5, 0.6) is 0 Å². The predicted octanol–water partition coefficient (Wildman–Crippen LogP) is 1.30. The standard InChI is InChI=1S/C11H18N2O/c1-3-9-6-10(13(2)12-9)7-11(14)8-4-5-8/h6,8,11,14H,3-5,7H2,1-2H3. The van der Waals surface area contributed by atoms with E-state index in [2.05, 4.69) is 18.1 Å². The van der Waals surface area contributed by atoms with Crippen molar-refractivity contribution < 1.29 is 5.11 Å². The van der Waals surface area contributed by atoms with Crippen molar-refractivity contribution in [3.05, 3.63) is 17.5 Å². The third-order valence-corrected chi connectivity index (χ3v) is 2.97. The van der Waals surface area contributed by atoms with Crippen molar-refractivity contribution >= 4 is 0 Å². The van der Waals surface area contributed by atoms with Crippen molar-refractivity contribution in [1.29, 1.82) is 0 Å². The van der Waals surface area contributed by atoms with Gasteiger partial charge in [-0.3, -0.25) is 4.68 Å². The lowest BCUT2D eigenvalue weighted by atomic mass is 10.1. The fourth-order valence-electron chi connectivity index (χ4n) is 1.80. The highest BCUT2D eigenvalue weighted by molar-refractivity contribution is 5.11. The first-order valence-corrected chi connectivity index (χ1v) is 5.40. The zero-order valence-electron chi connectivity index (χ0n) is 8.90. The van der Waals surface area contributed by atoms with Gasteiger partial charge in [-0.1, -0.05) is 6.92 Å². The van der Waals surface area contributed by atoms with Crippen LogP contribution in [0.1, 0.15) is 31.2 Å². The van der Waals surface area contributed by atoms with Gasteiger partial charge < -0.3 is 5.11 Å². The summed E-state index contributed by atoms with van der Waals surface area (Å²) in [6.07, 6.45) is 3.95. The highest BCUT2D eigenvalue weighted by Crippen LogP contribution is 2.33. The molecule has 78 valence electrons. The summed E-state index contributed by atoms with van der Waals surface area (Å²) in [5.41, 5.74) is 2.27. The maximum Gasteiger partial charge on any atom is 0.0624 e. The van der Waals surface area contributed by atoms with Crippen LogP contribution in [0.3, 0.4) is 0 Å². The molecule has 0 bridgehead atoms. The Labute approximate surface area is 84.7 Å². The van der Waals surface area contributed by atoms with E-state index in [0.29, 0.717) is 5.92 Å². The first kappa shape index (κ1) is 9.71. The minimum Gasteiger partial charge on any atom is -0.392 e. The molecule has 1 heterocycles. The first-order valence-electron chi connectivity index (χ1n) is 5.40. The van der Waals surface area contributed by atoms with E-state index >= 15 is 0 Å². The SMILES string of the molecule is CCc1cc(CC(O)C2CC2)n(C)n1. The van der Waals surface area contributed by atoms with Crippen LogP contribution in [0.15, 0.2) is 6.07 Å². The van der Waals surface area contributed by atoms with Crippen LogP contribution < -0.4 is 0 Å². The van der Waals surface area contributed by atoms with Gasteiger partial charge in [0.2, 0.25) is 0 Å². The summed E-state index contributed by atoms with van der Waals surface area (Å²) >= 11 is 0. The summed E-state index contributed by atoms with van der Waals surface area (Å²) in [6.45, 7) is 2.10. The van der Waals surface area contributed by atoms with Crippen molar-refractivity contribution in [1.82, 2.24) is 9.78 Å². The number of aliphatic hydroxyl groups excluding tert-OH is 1. The smallest absolute Gasteiger partial charge is 0.0624 e. The fraction of sp³-hybridized carbons (Fsp3) is 0.727. The van der Waals surface area contributed by atoms with Gasteiger partial charge in [-0.15, -0.1) is 0 Å². The van der Waals surface area contributed by atoms with Crippen LogP contribution in [-0.4, -0.2) is 21.0 Å². The molecule has 0 radical (unpaired) electrons. The second-order valence-electron chi connectivity index (χ2n) is 4.21. The molecule has 1 atom stereocenters. The second-order valence-corrected chi connectivity index (χ2v) is 4.21. The molecule has 1 aliphatic rings. The van der Waals surface area contributed by atoms with E-state index in [-0.39, 0.29) is 6.10 Å².